The molecule has 4 N–H and O–H groups in total. The van der Waals surface area contributed by atoms with Gasteiger partial charge in [-0.05, 0) is 23.1 Å². The number of hydrogen-bond acceptors (Lipinski definition) is 3. The maximum atomic E-state index is 5.42. The highest BCUT2D eigenvalue weighted by atomic mass is 16.5. The van der Waals surface area contributed by atoms with E-state index in [1.165, 1.54) is 5.56 Å². The summed E-state index contributed by atoms with van der Waals surface area (Å²) >= 11 is 0. The van der Waals surface area contributed by atoms with Gasteiger partial charge in [0.1, 0.15) is 12.4 Å². The number of benzene rings is 1. The molecule has 0 atom stereocenters. The minimum absolute atomic E-state index is 0.149. The molecule has 1 aromatic rings. The fourth-order valence-electron chi connectivity index (χ4n) is 1.25. The molecule has 16 heavy (non-hydrogen) atoms. The lowest BCUT2D eigenvalue weighted by molar-refractivity contribution is 0.374. The average Bonchev–Trinajstić information content (AvgIpc) is 2.25. The number of amidine groups is 1. The van der Waals surface area contributed by atoms with Crippen molar-refractivity contribution in [3.8, 4) is 5.75 Å². The summed E-state index contributed by atoms with van der Waals surface area (Å²) in [4.78, 5) is 0. The Morgan fingerprint density at radius 2 is 1.81 bits per heavy atom. The molecule has 0 aliphatic carbocycles. The van der Waals surface area contributed by atoms with E-state index in [2.05, 4.69) is 25.9 Å². The molecule has 0 spiro atoms. The van der Waals surface area contributed by atoms with Gasteiger partial charge < -0.3 is 16.3 Å². The Labute approximate surface area is 96.3 Å². The van der Waals surface area contributed by atoms with Gasteiger partial charge in [0, 0.05) is 0 Å². The Bertz CT molecular complexity index is 363. The lowest BCUT2D eigenvalue weighted by atomic mass is 9.87. The van der Waals surface area contributed by atoms with Crippen molar-refractivity contribution in [2.24, 2.45) is 16.7 Å². The molecule has 0 aliphatic heterocycles. The number of rotatable bonds is 3. The van der Waals surface area contributed by atoms with Crippen LogP contribution in [-0.4, -0.2) is 12.4 Å². The second-order valence-corrected chi connectivity index (χ2v) is 4.68. The van der Waals surface area contributed by atoms with E-state index in [-0.39, 0.29) is 17.9 Å². The molecule has 4 heteroatoms. The third-order valence-corrected chi connectivity index (χ3v) is 2.27. The number of ether oxygens (including phenoxy) is 1. The van der Waals surface area contributed by atoms with Crippen molar-refractivity contribution in [1.82, 2.24) is 0 Å². The van der Waals surface area contributed by atoms with Gasteiger partial charge in [0.2, 0.25) is 0 Å². The zero-order valence-electron chi connectivity index (χ0n) is 10.0. The van der Waals surface area contributed by atoms with Crippen molar-refractivity contribution >= 4 is 5.84 Å². The Kier molecular flexibility index (Phi) is 3.77. The van der Waals surface area contributed by atoms with E-state index in [9.17, 15) is 0 Å². The van der Waals surface area contributed by atoms with Gasteiger partial charge in [0.15, 0.2) is 5.84 Å². The van der Waals surface area contributed by atoms with Crippen LogP contribution in [0, 0.1) is 0 Å². The summed E-state index contributed by atoms with van der Waals surface area (Å²) in [5.41, 5.74) is 6.83. The van der Waals surface area contributed by atoms with Crippen molar-refractivity contribution in [2.45, 2.75) is 26.2 Å². The lowest BCUT2D eigenvalue weighted by Gasteiger charge is -2.19. The van der Waals surface area contributed by atoms with Crippen molar-refractivity contribution in [1.29, 1.82) is 0 Å². The van der Waals surface area contributed by atoms with Crippen molar-refractivity contribution < 1.29 is 4.74 Å². The first-order valence-corrected chi connectivity index (χ1v) is 5.19. The van der Waals surface area contributed by atoms with E-state index < -0.39 is 0 Å². The van der Waals surface area contributed by atoms with Crippen LogP contribution in [-0.2, 0) is 5.41 Å². The first-order chi connectivity index (χ1) is 7.43. The Balaban J connectivity index is 2.65. The van der Waals surface area contributed by atoms with Gasteiger partial charge in [-0.3, -0.25) is 0 Å². The van der Waals surface area contributed by atoms with Gasteiger partial charge in [-0.1, -0.05) is 32.9 Å². The van der Waals surface area contributed by atoms with E-state index in [0.29, 0.717) is 0 Å². The number of nitrogens with two attached hydrogens (primary N) is 2. The molecule has 1 rings (SSSR count). The maximum absolute atomic E-state index is 5.42. The van der Waals surface area contributed by atoms with Crippen LogP contribution in [0.25, 0.3) is 0 Å². The number of hydrazone groups is 1. The minimum Gasteiger partial charge on any atom is -0.486 e. The second-order valence-electron chi connectivity index (χ2n) is 4.68. The van der Waals surface area contributed by atoms with E-state index in [4.69, 9.17) is 16.3 Å². The molecule has 88 valence electrons. The van der Waals surface area contributed by atoms with Crippen LogP contribution in [0.5, 0.6) is 5.75 Å². The Morgan fingerprint density at radius 1 is 1.25 bits per heavy atom. The Hall–Kier alpha value is -1.71. The van der Waals surface area contributed by atoms with E-state index in [1.54, 1.807) is 0 Å². The summed E-state index contributed by atoms with van der Waals surface area (Å²) in [7, 11) is 0. The summed E-state index contributed by atoms with van der Waals surface area (Å²) in [5, 5.41) is 3.33. The van der Waals surface area contributed by atoms with E-state index in [1.807, 2.05) is 24.3 Å². The van der Waals surface area contributed by atoms with Crippen molar-refractivity contribution in [2.75, 3.05) is 6.61 Å². The van der Waals surface area contributed by atoms with Crippen LogP contribution in [0.15, 0.2) is 29.4 Å². The molecule has 0 radical (unpaired) electrons. The fourth-order valence-corrected chi connectivity index (χ4v) is 1.25. The SMILES string of the molecule is CC(C)(C)c1ccc(OC/C(N)=N/N)cc1. The molecule has 0 aromatic heterocycles. The quantitative estimate of drug-likeness (QED) is 0.352. The highest BCUT2D eigenvalue weighted by Crippen LogP contribution is 2.24. The van der Waals surface area contributed by atoms with Gasteiger partial charge >= 0.3 is 0 Å². The molecule has 0 amide bonds. The van der Waals surface area contributed by atoms with Crippen LogP contribution >= 0.6 is 0 Å². The summed E-state index contributed by atoms with van der Waals surface area (Å²) in [6, 6.07) is 7.94. The third-order valence-electron chi connectivity index (χ3n) is 2.27. The van der Waals surface area contributed by atoms with Crippen LogP contribution in [0.2, 0.25) is 0 Å². The monoisotopic (exact) mass is 221 g/mol. The maximum Gasteiger partial charge on any atom is 0.157 e. The largest absolute Gasteiger partial charge is 0.486 e. The predicted octanol–water partition coefficient (Wildman–Crippen LogP) is 1.59. The smallest absolute Gasteiger partial charge is 0.157 e. The average molecular weight is 221 g/mol. The van der Waals surface area contributed by atoms with Crippen LogP contribution in [0.3, 0.4) is 0 Å². The molecule has 0 bridgehead atoms. The third kappa shape index (κ3) is 3.46. The lowest BCUT2D eigenvalue weighted by Crippen LogP contribution is -2.22. The van der Waals surface area contributed by atoms with Crippen LogP contribution < -0.4 is 16.3 Å². The zero-order valence-corrected chi connectivity index (χ0v) is 10.0. The summed E-state index contributed by atoms with van der Waals surface area (Å²) in [5.74, 6) is 6.04. The van der Waals surface area contributed by atoms with Gasteiger partial charge in [-0.15, -0.1) is 0 Å². The first kappa shape index (κ1) is 12.4. The molecule has 0 aliphatic rings. The summed E-state index contributed by atoms with van der Waals surface area (Å²) in [6.07, 6.45) is 0. The normalized spacial score (nSPS) is 12.6. The molecule has 0 heterocycles. The molecule has 1 aromatic carbocycles. The fraction of sp³-hybridized carbons (Fsp3) is 0.417. The number of hydrogen-bond donors (Lipinski definition) is 2. The molecule has 0 saturated heterocycles. The second kappa shape index (κ2) is 4.88. The van der Waals surface area contributed by atoms with Gasteiger partial charge in [0.25, 0.3) is 0 Å². The van der Waals surface area contributed by atoms with Gasteiger partial charge in [-0.25, -0.2) is 0 Å². The van der Waals surface area contributed by atoms with Gasteiger partial charge in [-0.2, -0.15) is 5.10 Å². The molecular formula is C12H19N3O. The molecule has 0 fully saturated rings. The molecule has 4 nitrogen and oxygen atoms in total. The topological polar surface area (TPSA) is 73.6 Å². The zero-order chi connectivity index (χ0) is 12.2. The molecular weight excluding hydrogens is 202 g/mol. The highest BCUT2D eigenvalue weighted by molar-refractivity contribution is 5.81. The van der Waals surface area contributed by atoms with Crippen molar-refractivity contribution in [3.05, 3.63) is 29.8 Å². The minimum atomic E-state index is 0.149. The first-order valence-electron chi connectivity index (χ1n) is 5.19. The highest BCUT2D eigenvalue weighted by Gasteiger charge is 2.12. The Morgan fingerprint density at radius 3 is 2.25 bits per heavy atom. The summed E-state index contributed by atoms with van der Waals surface area (Å²) < 4.78 is 5.39. The predicted molar refractivity (Wildman–Crippen MR) is 66.4 cm³/mol. The van der Waals surface area contributed by atoms with E-state index >= 15 is 0 Å². The van der Waals surface area contributed by atoms with Crippen LogP contribution in [0.1, 0.15) is 26.3 Å². The summed E-state index contributed by atoms with van der Waals surface area (Å²) in [6.45, 7) is 6.72. The molecule has 0 unspecified atom stereocenters. The molecule has 0 saturated carbocycles. The standard InChI is InChI=1S/C12H19N3O/c1-12(2,3)9-4-6-10(7-5-9)16-8-11(13)15-14/h4-7H,8,14H2,1-3H3,(H2,13,15). The van der Waals surface area contributed by atoms with Crippen LogP contribution in [0.4, 0.5) is 0 Å². The number of nitrogens with zero attached hydrogens (tertiary/aromatic N) is 1. The van der Waals surface area contributed by atoms with Gasteiger partial charge in [0.05, 0.1) is 0 Å². The van der Waals surface area contributed by atoms with E-state index in [0.717, 1.165) is 5.75 Å². The van der Waals surface area contributed by atoms with Crippen molar-refractivity contribution in [3.63, 3.8) is 0 Å².